The van der Waals surface area contributed by atoms with Crippen molar-refractivity contribution in [3.63, 3.8) is 0 Å². The monoisotopic (exact) mass is 263 g/mol. The fourth-order valence-corrected chi connectivity index (χ4v) is 3.75. The van der Waals surface area contributed by atoms with E-state index in [4.69, 9.17) is 0 Å². The smallest absolute Gasteiger partial charge is 0.0256 e. The van der Waals surface area contributed by atoms with Crippen molar-refractivity contribution in [3.05, 3.63) is 35.9 Å². The first-order valence-corrected chi connectivity index (χ1v) is 8.08. The molecule has 1 saturated heterocycles. The van der Waals surface area contributed by atoms with Crippen molar-refractivity contribution in [2.45, 2.75) is 50.3 Å². The maximum Gasteiger partial charge on any atom is 0.0256 e. The number of benzene rings is 1. The zero-order valence-electron chi connectivity index (χ0n) is 11.6. The summed E-state index contributed by atoms with van der Waals surface area (Å²) in [6.45, 7) is 5.88. The van der Waals surface area contributed by atoms with Crippen molar-refractivity contribution in [1.82, 2.24) is 5.32 Å². The number of hydrogen-bond donors (Lipinski definition) is 1. The maximum atomic E-state index is 3.71. The molecule has 100 valence electrons. The van der Waals surface area contributed by atoms with Gasteiger partial charge in [-0.2, -0.15) is 11.8 Å². The molecule has 2 atom stereocenters. The Morgan fingerprint density at radius 2 is 2.11 bits per heavy atom. The van der Waals surface area contributed by atoms with E-state index in [1.165, 1.54) is 37.0 Å². The van der Waals surface area contributed by atoms with E-state index >= 15 is 0 Å². The van der Waals surface area contributed by atoms with Crippen LogP contribution in [0.15, 0.2) is 30.3 Å². The summed E-state index contributed by atoms with van der Waals surface area (Å²) >= 11 is 2.14. The van der Waals surface area contributed by atoms with Gasteiger partial charge in [0.1, 0.15) is 0 Å². The number of thioether (sulfide) groups is 1. The quantitative estimate of drug-likeness (QED) is 0.836. The molecule has 2 heteroatoms. The van der Waals surface area contributed by atoms with Crippen LogP contribution in [-0.2, 0) is 6.42 Å². The third-order valence-corrected chi connectivity index (χ3v) is 5.37. The molecule has 0 bridgehead atoms. The lowest BCUT2D eigenvalue weighted by Crippen LogP contribution is -2.38. The van der Waals surface area contributed by atoms with Crippen molar-refractivity contribution in [3.8, 4) is 0 Å². The van der Waals surface area contributed by atoms with Gasteiger partial charge in [-0.25, -0.2) is 0 Å². The average Bonchev–Trinajstić information content (AvgIpc) is 2.83. The summed E-state index contributed by atoms with van der Waals surface area (Å²) in [5.74, 6) is 1.34. The molecule has 0 aliphatic carbocycles. The van der Waals surface area contributed by atoms with Gasteiger partial charge in [-0.05, 0) is 50.8 Å². The van der Waals surface area contributed by atoms with Crippen molar-refractivity contribution >= 4 is 11.8 Å². The van der Waals surface area contributed by atoms with E-state index < -0.39 is 0 Å². The summed E-state index contributed by atoms with van der Waals surface area (Å²) in [6, 6.07) is 11.4. The summed E-state index contributed by atoms with van der Waals surface area (Å²) in [6.07, 6.45) is 5.17. The molecule has 1 aromatic carbocycles. The highest BCUT2D eigenvalue weighted by molar-refractivity contribution is 8.00. The Morgan fingerprint density at radius 3 is 2.78 bits per heavy atom. The van der Waals surface area contributed by atoms with Crippen LogP contribution in [0, 0.1) is 0 Å². The lowest BCUT2D eigenvalue weighted by atomic mass is 10.0. The van der Waals surface area contributed by atoms with Crippen LogP contribution >= 0.6 is 11.8 Å². The molecule has 2 unspecified atom stereocenters. The zero-order chi connectivity index (χ0) is 12.8. The van der Waals surface area contributed by atoms with Crippen molar-refractivity contribution in [1.29, 1.82) is 0 Å². The Hall–Kier alpha value is -0.470. The van der Waals surface area contributed by atoms with E-state index in [0.29, 0.717) is 10.8 Å². The molecule has 0 aromatic heterocycles. The van der Waals surface area contributed by atoms with Gasteiger partial charge in [0, 0.05) is 17.3 Å². The molecule has 1 aliphatic heterocycles. The van der Waals surface area contributed by atoms with Crippen LogP contribution in [-0.4, -0.2) is 23.1 Å². The fraction of sp³-hybridized carbons (Fsp3) is 0.625. The Labute approximate surface area is 116 Å². The second-order valence-electron chi connectivity index (χ2n) is 5.71. The van der Waals surface area contributed by atoms with Crippen LogP contribution in [0.4, 0.5) is 0 Å². The van der Waals surface area contributed by atoms with E-state index in [1.54, 1.807) is 0 Å². The Balaban J connectivity index is 1.67. The SMILES string of the molecule is CC(CCc1ccccc1)NCC1(C)CCCS1. The second kappa shape index (κ2) is 6.63. The zero-order valence-corrected chi connectivity index (χ0v) is 12.4. The molecular weight excluding hydrogens is 238 g/mol. The third kappa shape index (κ3) is 4.33. The summed E-state index contributed by atoms with van der Waals surface area (Å²) in [7, 11) is 0. The first-order valence-electron chi connectivity index (χ1n) is 7.09. The third-order valence-electron chi connectivity index (χ3n) is 3.83. The molecule has 0 radical (unpaired) electrons. The number of nitrogens with one attached hydrogen (secondary N) is 1. The van der Waals surface area contributed by atoms with Gasteiger partial charge in [0.2, 0.25) is 0 Å². The molecular formula is C16H25NS. The minimum atomic E-state index is 0.487. The van der Waals surface area contributed by atoms with Gasteiger partial charge in [0.05, 0.1) is 0 Å². The Kier molecular flexibility index (Phi) is 5.13. The van der Waals surface area contributed by atoms with Crippen LogP contribution in [0.25, 0.3) is 0 Å². The minimum absolute atomic E-state index is 0.487. The molecule has 1 aromatic rings. The number of aryl methyl sites for hydroxylation is 1. The van der Waals surface area contributed by atoms with Crippen molar-refractivity contribution in [2.75, 3.05) is 12.3 Å². The molecule has 1 nitrogen and oxygen atoms in total. The molecule has 0 spiro atoms. The van der Waals surface area contributed by atoms with Crippen LogP contribution < -0.4 is 5.32 Å². The predicted octanol–water partition coefficient (Wildman–Crippen LogP) is 3.88. The molecule has 0 saturated carbocycles. The number of rotatable bonds is 6. The topological polar surface area (TPSA) is 12.0 Å². The molecule has 2 rings (SSSR count). The Bertz CT molecular complexity index is 343. The van der Waals surface area contributed by atoms with Crippen LogP contribution in [0.1, 0.15) is 38.7 Å². The van der Waals surface area contributed by atoms with Gasteiger partial charge in [0.15, 0.2) is 0 Å². The van der Waals surface area contributed by atoms with Gasteiger partial charge in [0.25, 0.3) is 0 Å². The lowest BCUT2D eigenvalue weighted by Gasteiger charge is -2.25. The summed E-state index contributed by atoms with van der Waals surface area (Å²) in [5.41, 5.74) is 1.45. The average molecular weight is 263 g/mol. The second-order valence-corrected chi connectivity index (χ2v) is 7.39. The molecule has 1 N–H and O–H groups in total. The van der Waals surface area contributed by atoms with Gasteiger partial charge in [-0.1, -0.05) is 30.3 Å². The van der Waals surface area contributed by atoms with Gasteiger partial charge in [-0.15, -0.1) is 0 Å². The van der Waals surface area contributed by atoms with Crippen LogP contribution in [0.2, 0.25) is 0 Å². The highest BCUT2D eigenvalue weighted by Gasteiger charge is 2.29. The van der Waals surface area contributed by atoms with Gasteiger partial charge in [-0.3, -0.25) is 0 Å². The van der Waals surface area contributed by atoms with Gasteiger partial charge < -0.3 is 5.32 Å². The highest BCUT2D eigenvalue weighted by atomic mass is 32.2. The minimum Gasteiger partial charge on any atom is -0.313 e. The molecule has 1 fully saturated rings. The normalized spacial score (nSPS) is 25.2. The van der Waals surface area contributed by atoms with E-state index in [2.05, 4.69) is 61.3 Å². The largest absolute Gasteiger partial charge is 0.313 e. The highest BCUT2D eigenvalue weighted by Crippen LogP contribution is 2.37. The number of hydrogen-bond acceptors (Lipinski definition) is 2. The first kappa shape index (κ1) is 14.0. The molecule has 0 amide bonds. The summed E-state index contributed by atoms with van der Waals surface area (Å²) in [4.78, 5) is 0. The van der Waals surface area contributed by atoms with Crippen LogP contribution in [0.3, 0.4) is 0 Å². The standard InChI is InChI=1S/C16H25NS/c1-14(9-10-15-7-4-3-5-8-15)17-13-16(2)11-6-12-18-16/h3-5,7-8,14,17H,6,9-13H2,1-2H3. The van der Waals surface area contributed by atoms with E-state index in [0.717, 1.165) is 6.54 Å². The van der Waals surface area contributed by atoms with E-state index in [1.807, 2.05) is 0 Å². The van der Waals surface area contributed by atoms with Gasteiger partial charge >= 0.3 is 0 Å². The van der Waals surface area contributed by atoms with E-state index in [9.17, 15) is 0 Å². The Morgan fingerprint density at radius 1 is 1.33 bits per heavy atom. The van der Waals surface area contributed by atoms with Crippen molar-refractivity contribution in [2.24, 2.45) is 0 Å². The molecule has 1 heterocycles. The van der Waals surface area contributed by atoms with Crippen LogP contribution in [0.5, 0.6) is 0 Å². The first-order chi connectivity index (χ1) is 8.68. The molecule has 18 heavy (non-hydrogen) atoms. The summed E-state index contributed by atoms with van der Waals surface area (Å²) in [5, 5.41) is 3.71. The van der Waals surface area contributed by atoms with Crippen molar-refractivity contribution < 1.29 is 0 Å². The molecule has 1 aliphatic rings. The van der Waals surface area contributed by atoms with E-state index in [-0.39, 0.29) is 0 Å². The summed E-state index contributed by atoms with van der Waals surface area (Å²) < 4.78 is 0.487. The maximum absolute atomic E-state index is 3.71. The lowest BCUT2D eigenvalue weighted by molar-refractivity contribution is 0.462. The fourth-order valence-electron chi connectivity index (χ4n) is 2.50. The predicted molar refractivity (Wildman–Crippen MR) is 82.3 cm³/mol.